The van der Waals surface area contributed by atoms with Gasteiger partial charge in [0.25, 0.3) is 0 Å². The van der Waals surface area contributed by atoms with Gasteiger partial charge >= 0.3 is 0 Å². The fraction of sp³-hybridized carbons (Fsp3) is 0.375. The molecule has 2 rings (SSSR count). The summed E-state index contributed by atoms with van der Waals surface area (Å²) >= 11 is 0. The smallest absolute Gasteiger partial charge is 0.0716 e. The number of anilines is 1. The van der Waals surface area contributed by atoms with Crippen LogP contribution in [0.25, 0.3) is 0 Å². The van der Waals surface area contributed by atoms with Gasteiger partial charge in [0.2, 0.25) is 0 Å². The van der Waals surface area contributed by atoms with Crippen molar-refractivity contribution in [3.05, 3.63) is 54.1 Å². The van der Waals surface area contributed by atoms with Crippen LogP contribution in [0.4, 0.5) is 5.69 Å². The van der Waals surface area contributed by atoms with E-state index in [0.29, 0.717) is 0 Å². The van der Waals surface area contributed by atoms with Crippen molar-refractivity contribution < 1.29 is 0 Å². The third-order valence-electron chi connectivity index (χ3n) is 3.26. The van der Waals surface area contributed by atoms with Crippen LogP contribution in [0.3, 0.4) is 0 Å². The first-order valence-corrected chi connectivity index (χ1v) is 6.62. The third kappa shape index (κ3) is 3.02. The van der Waals surface area contributed by atoms with Crippen LogP contribution < -0.4 is 4.90 Å². The average Bonchev–Trinajstić information content (AvgIpc) is 2.42. The Hall–Kier alpha value is -1.54. The first-order valence-electron chi connectivity index (χ1n) is 6.62. The van der Waals surface area contributed by atoms with Crippen molar-refractivity contribution in [3.63, 3.8) is 0 Å². The average molecular weight is 242 g/mol. The molecule has 0 saturated heterocycles. The van der Waals surface area contributed by atoms with E-state index in [0.717, 1.165) is 26.3 Å². The van der Waals surface area contributed by atoms with Gasteiger partial charge in [-0.1, -0.05) is 42.5 Å². The molecule has 96 valence electrons. The van der Waals surface area contributed by atoms with E-state index in [1.54, 1.807) is 0 Å². The molecule has 0 saturated carbocycles. The monoisotopic (exact) mass is 242 g/mol. The number of benzene rings is 1. The number of para-hydroxylation sites is 1. The van der Waals surface area contributed by atoms with Crippen molar-refractivity contribution >= 4 is 5.69 Å². The minimum atomic E-state index is 0.986. The van der Waals surface area contributed by atoms with Gasteiger partial charge < -0.3 is 4.90 Å². The van der Waals surface area contributed by atoms with Gasteiger partial charge in [0.05, 0.1) is 6.67 Å². The van der Waals surface area contributed by atoms with Gasteiger partial charge in [-0.05, 0) is 25.5 Å². The van der Waals surface area contributed by atoms with E-state index >= 15 is 0 Å². The summed E-state index contributed by atoms with van der Waals surface area (Å²) in [4.78, 5) is 4.90. The number of rotatable bonds is 4. The fourth-order valence-electron chi connectivity index (χ4n) is 2.33. The highest BCUT2D eigenvalue weighted by Gasteiger charge is 2.20. The number of nitrogens with zero attached hydrogens (tertiary/aromatic N) is 2. The molecule has 0 spiro atoms. The van der Waals surface area contributed by atoms with Crippen molar-refractivity contribution in [2.45, 2.75) is 20.4 Å². The van der Waals surface area contributed by atoms with Crippen LogP contribution >= 0.6 is 0 Å². The second-order valence-corrected chi connectivity index (χ2v) is 4.64. The first kappa shape index (κ1) is 12.9. The van der Waals surface area contributed by atoms with Crippen LogP contribution in [0.1, 0.15) is 19.4 Å². The summed E-state index contributed by atoms with van der Waals surface area (Å²) < 4.78 is 0. The van der Waals surface area contributed by atoms with Gasteiger partial charge in [-0.2, -0.15) is 0 Å². The third-order valence-corrected chi connectivity index (χ3v) is 3.26. The summed E-state index contributed by atoms with van der Waals surface area (Å²) in [7, 11) is 0. The summed E-state index contributed by atoms with van der Waals surface area (Å²) in [6, 6.07) is 8.72. The lowest BCUT2D eigenvalue weighted by atomic mass is 10.1. The molecule has 2 heteroatoms. The molecule has 0 N–H and O–H groups in total. The summed E-state index contributed by atoms with van der Waals surface area (Å²) in [5.74, 6) is 0. The molecule has 0 unspecified atom stereocenters. The Morgan fingerprint density at radius 3 is 2.56 bits per heavy atom. The molecule has 1 aliphatic heterocycles. The predicted octanol–water partition coefficient (Wildman–Crippen LogP) is 3.42. The molecule has 1 aromatic carbocycles. The highest BCUT2D eigenvalue weighted by Crippen LogP contribution is 2.26. The van der Waals surface area contributed by atoms with E-state index in [1.807, 2.05) is 0 Å². The number of allylic oxidation sites excluding steroid dienone is 2. The maximum absolute atomic E-state index is 2.46. The predicted molar refractivity (Wildman–Crippen MR) is 78.7 cm³/mol. The zero-order chi connectivity index (χ0) is 12.8. The van der Waals surface area contributed by atoms with Crippen LogP contribution in [0.15, 0.2) is 48.6 Å². The van der Waals surface area contributed by atoms with Crippen LogP contribution in [0.5, 0.6) is 0 Å². The molecular weight excluding hydrogens is 220 g/mol. The van der Waals surface area contributed by atoms with Gasteiger partial charge in [0.1, 0.15) is 0 Å². The number of fused-ring (bicyclic) bond motifs is 1. The Kier molecular flexibility index (Phi) is 4.59. The van der Waals surface area contributed by atoms with E-state index in [2.05, 4.69) is 72.2 Å². The second-order valence-electron chi connectivity index (χ2n) is 4.64. The van der Waals surface area contributed by atoms with E-state index in [4.69, 9.17) is 0 Å². The Bertz CT molecular complexity index is 434. The summed E-state index contributed by atoms with van der Waals surface area (Å²) in [6.07, 6.45) is 8.68. The quantitative estimate of drug-likeness (QED) is 0.746. The standard InChI is InChI=1S/C16H22N2/c1-3-5-11-17-13-15-9-7-8-10-16(15)18(14-17)12-6-4-2/h3-10H,11-14H2,1-2H3. The molecular formula is C16H22N2. The molecule has 0 fully saturated rings. The van der Waals surface area contributed by atoms with E-state index < -0.39 is 0 Å². The summed E-state index contributed by atoms with van der Waals surface area (Å²) in [6.45, 7) is 8.22. The fourth-order valence-corrected chi connectivity index (χ4v) is 2.33. The lowest BCUT2D eigenvalue weighted by molar-refractivity contribution is 0.281. The molecule has 0 atom stereocenters. The van der Waals surface area contributed by atoms with Crippen molar-refractivity contribution in [1.82, 2.24) is 4.90 Å². The molecule has 18 heavy (non-hydrogen) atoms. The van der Waals surface area contributed by atoms with Crippen molar-refractivity contribution in [1.29, 1.82) is 0 Å². The van der Waals surface area contributed by atoms with Crippen LogP contribution in [0, 0.1) is 0 Å². The molecule has 0 bridgehead atoms. The Labute approximate surface area is 110 Å². The Balaban J connectivity index is 2.17. The van der Waals surface area contributed by atoms with Crippen LogP contribution in [-0.4, -0.2) is 24.7 Å². The molecule has 0 aromatic heterocycles. The normalized spacial score (nSPS) is 16.7. The molecule has 1 aromatic rings. The van der Waals surface area contributed by atoms with Crippen LogP contribution in [-0.2, 0) is 6.54 Å². The Morgan fingerprint density at radius 1 is 1.06 bits per heavy atom. The topological polar surface area (TPSA) is 6.48 Å². The van der Waals surface area contributed by atoms with E-state index in [1.165, 1.54) is 11.3 Å². The van der Waals surface area contributed by atoms with Gasteiger partial charge in [0, 0.05) is 25.3 Å². The van der Waals surface area contributed by atoms with E-state index in [9.17, 15) is 0 Å². The number of hydrogen-bond acceptors (Lipinski definition) is 2. The molecule has 0 aliphatic carbocycles. The van der Waals surface area contributed by atoms with Gasteiger partial charge in [-0.15, -0.1) is 0 Å². The summed E-state index contributed by atoms with van der Waals surface area (Å²) in [5, 5.41) is 0. The molecule has 2 nitrogen and oxygen atoms in total. The zero-order valence-corrected chi connectivity index (χ0v) is 11.3. The largest absolute Gasteiger partial charge is 0.355 e. The minimum Gasteiger partial charge on any atom is -0.355 e. The first-order chi connectivity index (χ1) is 8.85. The van der Waals surface area contributed by atoms with Gasteiger partial charge in [-0.3, -0.25) is 4.90 Å². The highest BCUT2D eigenvalue weighted by atomic mass is 15.3. The SMILES string of the molecule is CC=CCN1Cc2ccccc2N(CC=CC)C1. The number of hydrogen-bond donors (Lipinski definition) is 0. The highest BCUT2D eigenvalue weighted by molar-refractivity contribution is 5.55. The molecule has 0 amide bonds. The minimum absolute atomic E-state index is 0.986. The molecule has 1 heterocycles. The van der Waals surface area contributed by atoms with Crippen molar-refractivity contribution in [2.75, 3.05) is 24.7 Å². The lowest BCUT2D eigenvalue weighted by Crippen LogP contribution is -2.42. The zero-order valence-electron chi connectivity index (χ0n) is 11.3. The molecule has 0 radical (unpaired) electrons. The lowest BCUT2D eigenvalue weighted by Gasteiger charge is -2.37. The van der Waals surface area contributed by atoms with Crippen LogP contribution in [0.2, 0.25) is 0 Å². The van der Waals surface area contributed by atoms with Crippen molar-refractivity contribution in [3.8, 4) is 0 Å². The maximum atomic E-state index is 2.46. The van der Waals surface area contributed by atoms with Gasteiger partial charge in [0.15, 0.2) is 0 Å². The maximum Gasteiger partial charge on any atom is 0.0716 e. The molecule has 1 aliphatic rings. The van der Waals surface area contributed by atoms with Gasteiger partial charge in [-0.25, -0.2) is 0 Å². The Morgan fingerprint density at radius 2 is 1.78 bits per heavy atom. The van der Waals surface area contributed by atoms with Crippen molar-refractivity contribution in [2.24, 2.45) is 0 Å². The van der Waals surface area contributed by atoms with E-state index in [-0.39, 0.29) is 0 Å². The second kappa shape index (κ2) is 6.41. The summed E-state index contributed by atoms with van der Waals surface area (Å²) in [5.41, 5.74) is 2.81.